The average molecular weight is 407 g/mol. The molecule has 1 aromatic heterocycles. The predicted molar refractivity (Wildman–Crippen MR) is 121 cm³/mol. The largest absolute Gasteiger partial charge is 0.350 e. The molecular weight excluding hydrogens is 380 g/mol. The number of rotatable bonds is 5. The van der Waals surface area contributed by atoms with E-state index >= 15 is 0 Å². The van der Waals surface area contributed by atoms with Gasteiger partial charge in [-0.15, -0.1) is 0 Å². The molecule has 0 saturated carbocycles. The minimum Gasteiger partial charge on any atom is -0.350 e. The summed E-state index contributed by atoms with van der Waals surface area (Å²) in [5.74, 6) is 0.528. The fourth-order valence-corrected chi connectivity index (χ4v) is 4.47. The van der Waals surface area contributed by atoms with Crippen LogP contribution in [-0.2, 0) is 7.05 Å². The molecule has 29 heavy (non-hydrogen) atoms. The summed E-state index contributed by atoms with van der Waals surface area (Å²) in [6, 6.07) is 16.8. The molecule has 0 amide bonds. The summed E-state index contributed by atoms with van der Waals surface area (Å²) >= 11 is 6.10. The van der Waals surface area contributed by atoms with Gasteiger partial charge in [0.05, 0.1) is 0 Å². The topological polar surface area (TPSA) is 25.2 Å². The van der Waals surface area contributed by atoms with Crippen LogP contribution in [0.2, 0.25) is 5.02 Å². The number of piperidine rings is 1. The van der Waals surface area contributed by atoms with Gasteiger partial charge in [0, 0.05) is 40.8 Å². The van der Waals surface area contributed by atoms with Gasteiger partial charge in [-0.1, -0.05) is 54.1 Å². The van der Waals surface area contributed by atoms with Crippen molar-refractivity contribution in [2.24, 2.45) is 13.0 Å². The molecule has 1 aliphatic rings. The van der Waals surface area contributed by atoms with E-state index in [2.05, 4.69) is 48.2 Å². The third-order valence-corrected chi connectivity index (χ3v) is 6.38. The molecule has 0 radical (unpaired) electrons. The van der Waals surface area contributed by atoms with Crippen LogP contribution in [0.25, 0.3) is 10.9 Å². The molecular formula is C25H27ClN2O. The summed E-state index contributed by atoms with van der Waals surface area (Å²) in [4.78, 5) is 15.4. The van der Waals surface area contributed by atoms with Crippen LogP contribution in [-0.4, -0.2) is 28.3 Å². The number of allylic oxidation sites excluding steroid dienone is 2. The number of benzene rings is 2. The Morgan fingerprint density at radius 3 is 2.59 bits per heavy atom. The van der Waals surface area contributed by atoms with Crippen LogP contribution in [0, 0.1) is 5.92 Å². The van der Waals surface area contributed by atoms with Crippen molar-refractivity contribution in [2.75, 3.05) is 13.1 Å². The molecule has 150 valence electrons. The first kappa shape index (κ1) is 19.9. The molecule has 4 rings (SSSR count). The van der Waals surface area contributed by atoms with Gasteiger partial charge in [0.2, 0.25) is 0 Å². The lowest BCUT2D eigenvalue weighted by Crippen LogP contribution is -2.35. The van der Waals surface area contributed by atoms with Crippen molar-refractivity contribution in [3.05, 3.63) is 83.0 Å². The first-order chi connectivity index (χ1) is 14.0. The molecule has 0 spiro atoms. The van der Waals surface area contributed by atoms with E-state index in [-0.39, 0.29) is 5.78 Å². The number of carbonyl (C=O) groups excluding carboxylic acids is 1. The van der Waals surface area contributed by atoms with Crippen LogP contribution in [0.5, 0.6) is 0 Å². The number of aryl methyl sites for hydroxylation is 1. The molecule has 4 heteroatoms. The van der Waals surface area contributed by atoms with Crippen molar-refractivity contribution < 1.29 is 4.79 Å². The molecule has 2 aromatic carbocycles. The van der Waals surface area contributed by atoms with E-state index in [0.717, 1.165) is 42.4 Å². The highest BCUT2D eigenvalue weighted by atomic mass is 35.5. The number of fused-ring (bicyclic) bond motifs is 1. The predicted octanol–water partition coefficient (Wildman–Crippen LogP) is 6.04. The van der Waals surface area contributed by atoms with E-state index in [1.807, 2.05) is 36.0 Å². The molecule has 1 saturated heterocycles. The maximum atomic E-state index is 12.8. The summed E-state index contributed by atoms with van der Waals surface area (Å²) in [6.07, 6.45) is 7.96. The molecule has 3 aromatic rings. The van der Waals surface area contributed by atoms with Crippen LogP contribution >= 0.6 is 11.6 Å². The van der Waals surface area contributed by atoms with Crippen LogP contribution in [0.3, 0.4) is 0 Å². The molecule has 3 nitrogen and oxygen atoms in total. The third-order valence-electron chi connectivity index (χ3n) is 6.14. The summed E-state index contributed by atoms with van der Waals surface area (Å²) in [7, 11) is 1.95. The maximum Gasteiger partial charge on any atom is 0.187 e. The second-order valence-electron chi connectivity index (χ2n) is 8.00. The summed E-state index contributed by atoms with van der Waals surface area (Å²) < 4.78 is 1.96. The van der Waals surface area contributed by atoms with Crippen molar-refractivity contribution in [2.45, 2.75) is 25.8 Å². The Kier molecular flexibility index (Phi) is 5.89. The fourth-order valence-electron chi connectivity index (χ4n) is 4.31. The highest BCUT2D eigenvalue weighted by Crippen LogP contribution is 2.28. The van der Waals surface area contributed by atoms with Crippen molar-refractivity contribution >= 4 is 28.3 Å². The first-order valence-corrected chi connectivity index (χ1v) is 10.7. The zero-order valence-electron chi connectivity index (χ0n) is 17.0. The maximum absolute atomic E-state index is 12.8. The zero-order chi connectivity index (χ0) is 20.4. The van der Waals surface area contributed by atoms with Crippen LogP contribution in [0.4, 0.5) is 0 Å². The van der Waals surface area contributed by atoms with E-state index in [4.69, 9.17) is 11.6 Å². The molecule has 2 heterocycles. The quantitative estimate of drug-likeness (QED) is 0.381. The smallest absolute Gasteiger partial charge is 0.187 e. The Morgan fingerprint density at radius 1 is 1.14 bits per heavy atom. The number of likely N-dealkylation sites (tertiary alicyclic amines) is 1. The van der Waals surface area contributed by atoms with Crippen molar-refractivity contribution in [3.8, 4) is 0 Å². The van der Waals surface area contributed by atoms with Crippen molar-refractivity contribution in [1.29, 1.82) is 0 Å². The minimum atomic E-state index is 0.0676. The van der Waals surface area contributed by atoms with E-state index in [0.29, 0.717) is 17.0 Å². The number of halogens is 1. The van der Waals surface area contributed by atoms with Crippen molar-refractivity contribution in [3.63, 3.8) is 0 Å². The highest BCUT2D eigenvalue weighted by molar-refractivity contribution is 6.31. The molecule has 0 bridgehead atoms. The highest BCUT2D eigenvalue weighted by Gasteiger charge is 2.22. The average Bonchev–Trinajstić information content (AvgIpc) is 3.08. The second kappa shape index (κ2) is 8.56. The molecule has 0 aliphatic carbocycles. The molecule has 1 fully saturated rings. The molecule has 0 N–H and O–H groups in total. The lowest BCUT2D eigenvalue weighted by Gasteiger charge is -2.35. The Labute approximate surface area is 177 Å². The molecule has 1 aliphatic heterocycles. The number of hydrogen-bond donors (Lipinski definition) is 0. The van der Waals surface area contributed by atoms with Gasteiger partial charge in [-0.2, -0.15) is 0 Å². The third kappa shape index (κ3) is 4.31. The van der Waals surface area contributed by atoms with Gasteiger partial charge in [-0.3, -0.25) is 9.69 Å². The van der Waals surface area contributed by atoms with Crippen LogP contribution in [0.15, 0.2) is 66.9 Å². The molecule has 1 atom stereocenters. The van der Waals surface area contributed by atoms with E-state index in [1.54, 1.807) is 6.08 Å². The lowest BCUT2D eigenvalue weighted by molar-refractivity contribution is 0.104. The van der Waals surface area contributed by atoms with Gasteiger partial charge in [0.25, 0.3) is 0 Å². The minimum absolute atomic E-state index is 0.0676. The monoisotopic (exact) mass is 406 g/mol. The molecule has 1 unspecified atom stereocenters. The number of hydrogen-bond acceptors (Lipinski definition) is 2. The van der Waals surface area contributed by atoms with Crippen LogP contribution < -0.4 is 0 Å². The second-order valence-corrected chi connectivity index (χ2v) is 8.44. The Morgan fingerprint density at radius 2 is 1.86 bits per heavy atom. The zero-order valence-corrected chi connectivity index (χ0v) is 17.8. The first-order valence-electron chi connectivity index (χ1n) is 10.3. The van der Waals surface area contributed by atoms with Gasteiger partial charge in [0.1, 0.15) is 0 Å². The lowest BCUT2D eigenvalue weighted by atomic mass is 9.93. The Bertz CT molecular complexity index is 1030. The standard InChI is InChI=1S/C25H27ClN2O/c1-18(20-6-4-3-5-7-20)28-14-12-19(13-15-28)8-11-25(29)23-17-27(2)24-16-21(26)9-10-22(23)24/h3-11,16-19H,12-15H2,1-2H3. The fraction of sp³-hybridized carbons (Fsp3) is 0.320. The number of aromatic nitrogens is 1. The number of carbonyl (C=O) groups is 1. The number of ketones is 1. The summed E-state index contributed by atoms with van der Waals surface area (Å²) in [6.45, 7) is 4.40. The SMILES string of the molecule is CC(c1ccccc1)N1CCC(C=CC(=O)c2cn(C)c3cc(Cl)ccc23)CC1. The van der Waals surface area contributed by atoms with Crippen LogP contribution in [0.1, 0.15) is 41.7 Å². The van der Waals surface area contributed by atoms with Gasteiger partial charge in [0.15, 0.2) is 5.78 Å². The van der Waals surface area contributed by atoms with Gasteiger partial charge in [-0.25, -0.2) is 0 Å². The van der Waals surface area contributed by atoms with Gasteiger partial charge < -0.3 is 4.57 Å². The van der Waals surface area contributed by atoms with Gasteiger partial charge >= 0.3 is 0 Å². The summed E-state index contributed by atoms with van der Waals surface area (Å²) in [5.41, 5.74) is 3.09. The Hall–Kier alpha value is -2.36. The normalized spacial score (nSPS) is 17.2. The summed E-state index contributed by atoms with van der Waals surface area (Å²) in [5, 5.41) is 1.64. The Balaban J connectivity index is 1.39. The van der Waals surface area contributed by atoms with Gasteiger partial charge in [-0.05, 0) is 62.5 Å². The van der Waals surface area contributed by atoms with Crippen molar-refractivity contribution in [1.82, 2.24) is 9.47 Å². The van der Waals surface area contributed by atoms with E-state index in [9.17, 15) is 4.79 Å². The van der Waals surface area contributed by atoms with E-state index < -0.39 is 0 Å². The van der Waals surface area contributed by atoms with E-state index in [1.165, 1.54) is 5.56 Å². The number of nitrogens with zero attached hydrogens (tertiary/aromatic N) is 2.